The molecule has 25 heavy (non-hydrogen) atoms. The maximum Gasteiger partial charge on any atom is 1.00 e. The summed E-state index contributed by atoms with van der Waals surface area (Å²) in [6.07, 6.45) is 0. The molecular weight excluding hydrogens is 351 g/mol. The average Bonchev–Trinajstić information content (AvgIpc) is 2.53. The van der Waals surface area contributed by atoms with E-state index in [-0.39, 0.29) is 40.2 Å². The van der Waals surface area contributed by atoms with Crippen molar-refractivity contribution in [3.05, 3.63) is 60.2 Å². The zero-order valence-electron chi connectivity index (χ0n) is 13.7. The third kappa shape index (κ3) is 4.45. The van der Waals surface area contributed by atoms with Crippen molar-refractivity contribution in [1.29, 1.82) is 0 Å². The van der Waals surface area contributed by atoms with E-state index in [1.165, 1.54) is 24.3 Å². The first-order valence-electron chi connectivity index (χ1n) is 7.05. The molecule has 0 aliphatic carbocycles. The van der Waals surface area contributed by atoms with Crippen LogP contribution in [0.1, 0.15) is 5.56 Å². The number of fused-ring (bicyclic) bond motifs is 1. The first kappa shape index (κ1) is 19.6. The minimum atomic E-state index is -4.49. The van der Waals surface area contributed by atoms with Crippen LogP contribution in [0.2, 0.25) is 0 Å². The summed E-state index contributed by atoms with van der Waals surface area (Å²) in [5, 5.41) is 19.8. The Labute approximate surface area is 167 Å². The molecule has 0 heterocycles. The minimum Gasteiger partial charge on any atom is -0.744 e. The molecule has 3 rings (SSSR count). The van der Waals surface area contributed by atoms with Crippen LogP contribution >= 0.6 is 0 Å². The second kappa shape index (κ2) is 7.63. The van der Waals surface area contributed by atoms with Crippen LogP contribution in [-0.4, -0.2) is 18.1 Å². The van der Waals surface area contributed by atoms with Gasteiger partial charge in [0.15, 0.2) is 0 Å². The fourth-order valence-corrected chi connectivity index (χ4v) is 2.78. The number of benzene rings is 3. The molecule has 3 aromatic rings. The summed E-state index contributed by atoms with van der Waals surface area (Å²) in [6, 6.07) is 14.2. The molecule has 1 N–H and O–H groups in total. The van der Waals surface area contributed by atoms with Gasteiger partial charge in [-0.15, -0.1) is 5.11 Å². The van der Waals surface area contributed by atoms with E-state index < -0.39 is 10.1 Å². The maximum atomic E-state index is 10.9. The van der Waals surface area contributed by atoms with Gasteiger partial charge in [-0.3, -0.25) is 0 Å². The summed E-state index contributed by atoms with van der Waals surface area (Å²) in [6.45, 7) is 1.97. The van der Waals surface area contributed by atoms with Crippen molar-refractivity contribution < 1.29 is 47.6 Å². The Hall–Kier alpha value is -1.77. The van der Waals surface area contributed by atoms with Crippen molar-refractivity contribution in [3.63, 3.8) is 0 Å². The van der Waals surface area contributed by atoms with Gasteiger partial charge in [-0.25, -0.2) is 8.42 Å². The molecular formula is C17H13N2NaO4S. The molecule has 0 aromatic heterocycles. The van der Waals surface area contributed by atoms with Gasteiger partial charge in [0.25, 0.3) is 0 Å². The summed E-state index contributed by atoms with van der Waals surface area (Å²) in [7, 11) is -4.49. The standard InChI is InChI=1S/C17H14N2O4S.Na/c1-11-2-8-15-12(10-11)3-9-16(20)17(15)19-18-13-4-6-14(7-5-13)24(21,22)23;/h2-10,20H,1H3,(H,21,22,23);/q;+1/p-1. The Balaban J connectivity index is 0.00000225. The van der Waals surface area contributed by atoms with Gasteiger partial charge in [-0.2, -0.15) is 5.11 Å². The summed E-state index contributed by atoms with van der Waals surface area (Å²) in [4.78, 5) is -0.329. The largest absolute Gasteiger partial charge is 1.00 e. The molecule has 0 radical (unpaired) electrons. The van der Waals surface area contributed by atoms with Gasteiger partial charge in [0.2, 0.25) is 0 Å². The molecule has 0 spiro atoms. The first-order chi connectivity index (χ1) is 11.3. The third-order valence-electron chi connectivity index (χ3n) is 3.52. The van der Waals surface area contributed by atoms with Gasteiger partial charge >= 0.3 is 29.6 Å². The number of azo groups is 1. The molecule has 6 nitrogen and oxygen atoms in total. The Kier molecular flexibility index (Phi) is 5.97. The van der Waals surface area contributed by atoms with Crippen LogP contribution in [-0.2, 0) is 10.1 Å². The van der Waals surface area contributed by atoms with E-state index in [1.54, 1.807) is 12.1 Å². The molecule has 0 unspecified atom stereocenters. The SMILES string of the molecule is Cc1ccc2c(N=Nc3ccc(S(=O)(=O)[O-])cc3)c(O)ccc2c1.[Na+]. The number of aryl methyl sites for hydroxylation is 1. The molecule has 0 fully saturated rings. The second-order valence-electron chi connectivity index (χ2n) is 5.31. The Morgan fingerprint density at radius 2 is 1.64 bits per heavy atom. The quantitative estimate of drug-likeness (QED) is 0.428. The molecule has 122 valence electrons. The molecule has 0 aliphatic heterocycles. The number of phenolic OH excluding ortho intramolecular Hbond substituents is 1. The van der Waals surface area contributed by atoms with Crippen LogP contribution < -0.4 is 29.6 Å². The third-order valence-corrected chi connectivity index (χ3v) is 4.37. The summed E-state index contributed by atoms with van der Waals surface area (Å²) >= 11 is 0. The van der Waals surface area contributed by atoms with Crippen LogP contribution in [0, 0.1) is 6.92 Å². The second-order valence-corrected chi connectivity index (χ2v) is 6.69. The van der Waals surface area contributed by atoms with E-state index in [1.807, 2.05) is 25.1 Å². The van der Waals surface area contributed by atoms with Gasteiger partial charge in [-0.05, 0) is 42.6 Å². The maximum absolute atomic E-state index is 10.9. The Bertz CT molecular complexity index is 1050. The summed E-state index contributed by atoms with van der Waals surface area (Å²) in [5.41, 5.74) is 1.78. The van der Waals surface area contributed by atoms with E-state index >= 15 is 0 Å². The fraction of sp³-hybridized carbons (Fsp3) is 0.0588. The van der Waals surface area contributed by atoms with Crippen molar-refractivity contribution in [2.75, 3.05) is 0 Å². The van der Waals surface area contributed by atoms with Gasteiger partial charge in [-0.1, -0.05) is 29.8 Å². The first-order valence-corrected chi connectivity index (χ1v) is 8.45. The van der Waals surface area contributed by atoms with Gasteiger partial charge < -0.3 is 9.66 Å². The molecule has 0 aliphatic rings. The van der Waals surface area contributed by atoms with Crippen LogP contribution in [0.3, 0.4) is 0 Å². The molecule has 0 saturated heterocycles. The summed E-state index contributed by atoms with van der Waals surface area (Å²) in [5.74, 6) is -0.00569. The van der Waals surface area contributed by atoms with Crippen molar-refractivity contribution in [2.45, 2.75) is 11.8 Å². The molecule has 0 atom stereocenters. The number of phenols is 1. The van der Waals surface area contributed by atoms with Gasteiger partial charge in [0.1, 0.15) is 21.6 Å². The van der Waals surface area contributed by atoms with Crippen LogP contribution in [0.15, 0.2) is 69.7 Å². The van der Waals surface area contributed by atoms with Crippen molar-refractivity contribution >= 4 is 32.3 Å². The van der Waals surface area contributed by atoms with E-state index in [4.69, 9.17) is 0 Å². The number of nitrogens with zero attached hydrogens (tertiary/aromatic N) is 2. The Morgan fingerprint density at radius 3 is 2.28 bits per heavy atom. The minimum absolute atomic E-state index is 0. The molecule has 0 bridgehead atoms. The molecule has 0 amide bonds. The van der Waals surface area contributed by atoms with Crippen molar-refractivity contribution in [2.24, 2.45) is 10.2 Å². The average molecular weight is 364 g/mol. The number of hydrogen-bond acceptors (Lipinski definition) is 6. The van der Waals surface area contributed by atoms with Crippen molar-refractivity contribution in [3.8, 4) is 5.75 Å². The van der Waals surface area contributed by atoms with Crippen LogP contribution in [0.25, 0.3) is 10.8 Å². The van der Waals surface area contributed by atoms with Crippen LogP contribution in [0.4, 0.5) is 11.4 Å². The monoisotopic (exact) mass is 364 g/mol. The van der Waals surface area contributed by atoms with E-state index in [0.717, 1.165) is 16.3 Å². The zero-order chi connectivity index (χ0) is 17.3. The van der Waals surface area contributed by atoms with E-state index in [0.29, 0.717) is 11.4 Å². The van der Waals surface area contributed by atoms with Crippen molar-refractivity contribution in [1.82, 2.24) is 0 Å². The zero-order valence-corrected chi connectivity index (χ0v) is 16.5. The summed E-state index contributed by atoms with van der Waals surface area (Å²) < 4.78 is 32.7. The molecule has 3 aromatic carbocycles. The smallest absolute Gasteiger partial charge is 0.744 e. The van der Waals surface area contributed by atoms with Gasteiger partial charge in [0, 0.05) is 5.39 Å². The number of hydrogen-bond donors (Lipinski definition) is 1. The van der Waals surface area contributed by atoms with E-state index in [2.05, 4.69) is 10.2 Å². The van der Waals surface area contributed by atoms with Gasteiger partial charge in [0.05, 0.1) is 10.6 Å². The number of rotatable bonds is 3. The normalized spacial score (nSPS) is 11.6. The van der Waals surface area contributed by atoms with Crippen LogP contribution in [0.5, 0.6) is 5.75 Å². The number of aromatic hydroxyl groups is 1. The fourth-order valence-electron chi connectivity index (χ4n) is 2.31. The van der Waals surface area contributed by atoms with E-state index in [9.17, 15) is 18.1 Å². The topological polar surface area (TPSA) is 102 Å². The molecule has 0 saturated carbocycles. The predicted octanol–water partition coefficient (Wildman–Crippen LogP) is 1.18. The Morgan fingerprint density at radius 1 is 0.960 bits per heavy atom. The molecule has 8 heteroatoms. The predicted molar refractivity (Wildman–Crippen MR) is 88.9 cm³/mol.